The number of carbonyl (C=O) groups excluding carboxylic acids is 1. The molecule has 0 aliphatic carbocycles. The van der Waals surface area contributed by atoms with E-state index in [-0.39, 0.29) is 5.91 Å². The van der Waals surface area contributed by atoms with Gasteiger partial charge >= 0.3 is 0 Å². The van der Waals surface area contributed by atoms with Gasteiger partial charge in [0.2, 0.25) is 5.91 Å². The molecule has 1 saturated heterocycles. The lowest BCUT2D eigenvalue weighted by Gasteiger charge is -2.31. The van der Waals surface area contributed by atoms with Crippen LogP contribution in [0.15, 0.2) is 60.7 Å². The van der Waals surface area contributed by atoms with Crippen LogP contribution in [0, 0.1) is 0 Å². The lowest BCUT2D eigenvalue weighted by molar-refractivity contribution is -0.136. The Bertz CT molecular complexity index is 667. The van der Waals surface area contributed by atoms with Crippen molar-refractivity contribution in [2.24, 2.45) is 5.73 Å². The summed E-state index contributed by atoms with van der Waals surface area (Å²) in [6.07, 6.45) is 3.15. The van der Waals surface area contributed by atoms with Crippen molar-refractivity contribution in [3.63, 3.8) is 0 Å². The van der Waals surface area contributed by atoms with Crippen molar-refractivity contribution in [3.8, 4) is 0 Å². The highest BCUT2D eigenvalue weighted by atomic mass is 16.2. The first-order chi connectivity index (χ1) is 11.6. The average Bonchev–Trinajstić information content (AvgIpc) is 2.88. The van der Waals surface area contributed by atoms with Crippen LogP contribution in [0.4, 0.5) is 0 Å². The fourth-order valence-corrected chi connectivity index (χ4v) is 3.59. The molecule has 0 aromatic heterocycles. The average molecular weight is 322 g/mol. The Morgan fingerprint density at radius 3 is 2.29 bits per heavy atom. The monoisotopic (exact) mass is 322 g/mol. The van der Waals surface area contributed by atoms with Crippen LogP contribution in [0.2, 0.25) is 0 Å². The van der Waals surface area contributed by atoms with E-state index in [1.165, 1.54) is 5.56 Å². The maximum atomic E-state index is 13.0. The number of carbonyl (C=O) groups is 1. The molecule has 126 valence electrons. The normalized spacial score (nSPS) is 20.9. The van der Waals surface area contributed by atoms with Gasteiger partial charge in [0.1, 0.15) is 5.54 Å². The van der Waals surface area contributed by atoms with Gasteiger partial charge in [0.15, 0.2) is 0 Å². The Morgan fingerprint density at radius 2 is 1.62 bits per heavy atom. The largest absolute Gasteiger partial charge is 0.341 e. The van der Waals surface area contributed by atoms with Crippen LogP contribution in [0.3, 0.4) is 0 Å². The zero-order valence-corrected chi connectivity index (χ0v) is 14.3. The number of rotatable bonds is 3. The number of hydrogen-bond donors (Lipinski definition) is 1. The molecule has 1 fully saturated rings. The van der Waals surface area contributed by atoms with Crippen molar-refractivity contribution in [2.75, 3.05) is 13.1 Å². The second-order valence-electron chi connectivity index (χ2n) is 6.90. The van der Waals surface area contributed by atoms with Gasteiger partial charge in [-0.15, -0.1) is 0 Å². The minimum Gasteiger partial charge on any atom is -0.341 e. The molecule has 24 heavy (non-hydrogen) atoms. The predicted octanol–water partition coefficient (Wildman–Crippen LogP) is 3.66. The fourth-order valence-electron chi connectivity index (χ4n) is 3.59. The summed E-state index contributed by atoms with van der Waals surface area (Å²) < 4.78 is 0. The van der Waals surface area contributed by atoms with E-state index in [1.54, 1.807) is 0 Å². The summed E-state index contributed by atoms with van der Waals surface area (Å²) in [7, 11) is 0. The molecule has 1 aliphatic rings. The Morgan fingerprint density at radius 1 is 1.00 bits per heavy atom. The van der Waals surface area contributed by atoms with Crippen LogP contribution >= 0.6 is 0 Å². The topological polar surface area (TPSA) is 46.3 Å². The molecule has 3 rings (SSSR count). The summed E-state index contributed by atoms with van der Waals surface area (Å²) >= 11 is 0. The molecule has 1 amide bonds. The molecule has 0 bridgehead atoms. The first-order valence-electron chi connectivity index (χ1n) is 8.78. The molecular weight excluding hydrogens is 296 g/mol. The number of likely N-dealkylation sites (tertiary alicyclic amines) is 1. The van der Waals surface area contributed by atoms with E-state index in [1.807, 2.05) is 42.2 Å². The standard InChI is InChI=1S/C21H26N2O/c1-21(22,19-12-6-3-7-13-19)20(24)23-15-8-11-18(14-16-23)17-9-4-2-5-10-17/h2-7,9-10,12-13,18H,8,11,14-16,22H2,1H3. The molecule has 3 heteroatoms. The van der Waals surface area contributed by atoms with Crippen molar-refractivity contribution in [2.45, 2.75) is 37.6 Å². The van der Waals surface area contributed by atoms with E-state index in [9.17, 15) is 4.79 Å². The smallest absolute Gasteiger partial charge is 0.246 e. The number of benzene rings is 2. The maximum absolute atomic E-state index is 13.0. The van der Waals surface area contributed by atoms with Gasteiger partial charge in [0, 0.05) is 13.1 Å². The summed E-state index contributed by atoms with van der Waals surface area (Å²) in [6.45, 7) is 3.39. The molecule has 3 nitrogen and oxygen atoms in total. The molecule has 1 heterocycles. The van der Waals surface area contributed by atoms with Crippen LogP contribution in [-0.2, 0) is 10.3 Å². The highest BCUT2D eigenvalue weighted by Crippen LogP contribution is 2.29. The van der Waals surface area contributed by atoms with E-state index in [4.69, 9.17) is 5.73 Å². The molecule has 1 aliphatic heterocycles. The minimum atomic E-state index is -0.964. The Labute approximate surface area is 144 Å². The van der Waals surface area contributed by atoms with E-state index < -0.39 is 5.54 Å². The van der Waals surface area contributed by atoms with Crippen molar-refractivity contribution >= 4 is 5.91 Å². The number of amides is 1. The highest BCUT2D eigenvalue weighted by Gasteiger charge is 2.35. The van der Waals surface area contributed by atoms with Gasteiger partial charge < -0.3 is 10.6 Å². The van der Waals surface area contributed by atoms with Crippen LogP contribution < -0.4 is 5.73 Å². The first kappa shape index (κ1) is 16.7. The van der Waals surface area contributed by atoms with Gasteiger partial charge in [0.05, 0.1) is 0 Å². The van der Waals surface area contributed by atoms with Crippen molar-refractivity contribution < 1.29 is 4.79 Å². The molecule has 2 aromatic rings. The third kappa shape index (κ3) is 3.51. The van der Waals surface area contributed by atoms with Crippen LogP contribution in [0.25, 0.3) is 0 Å². The number of nitrogens with zero attached hydrogens (tertiary/aromatic N) is 1. The summed E-state index contributed by atoms with van der Waals surface area (Å²) in [4.78, 5) is 15.0. The van der Waals surface area contributed by atoms with Crippen LogP contribution in [0.1, 0.15) is 43.2 Å². The van der Waals surface area contributed by atoms with Gasteiger partial charge in [-0.05, 0) is 43.2 Å². The van der Waals surface area contributed by atoms with Crippen molar-refractivity contribution in [1.82, 2.24) is 4.90 Å². The number of nitrogens with two attached hydrogens (primary N) is 1. The van der Waals surface area contributed by atoms with Crippen LogP contribution in [0.5, 0.6) is 0 Å². The van der Waals surface area contributed by atoms with Crippen molar-refractivity contribution in [1.29, 1.82) is 0 Å². The molecule has 2 atom stereocenters. The lowest BCUT2D eigenvalue weighted by Crippen LogP contribution is -2.51. The van der Waals surface area contributed by atoms with E-state index in [0.29, 0.717) is 5.92 Å². The molecule has 0 spiro atoms. The second-order valence-corrected chi connectivity index (χ2v) is 6.90. The number of hydrogen-bond acceptors (Lipinski definition) is 2. The zero-order chi connectivity index (χ0) is 17.0. The minimum absolute atomic E-state index is 0.0300. The lowest BCUT2D eigenvalue weighted by atomic mass is 9.91. The zero-order valence-electron chi connectivity index (χ0n) is 14.3. The second kappa shape index (κ2) is 7.18. The highest BCUT2D eigenvalue weighted by molar-refractivity contribution is 5.87. The molecule has 2 unspecified atom stereocenters. The van der Waals surface area contributed by atoms with E-state index in [0.717, 1.165) is 37.9 Å². The van der Waals surface area contributed by atoms with Gasteiger partial charge in [-0.25, -0.2) is 0 Å². The third-order valence-electron chi connectivity index (χ3n) is 5.10. The summed E-state index contributed by atoms with van der Waals surface area (Å²) in [5, 5.41) is 0. The molecule has 2 aromatic carbocycles. The Balaban J connectivity index is 1.71. The van der Waals surface area contributed by atoms with Gasteiger partial charge in [-0.2, -0.15) is 0 Å². The molecule has 0 radical (unpaired) electrons. The van der Waals surface area contributed by atoms with E-state index >= 15 is 0 Å². The molecule has 0 saturated carbocycles. The maximum Gasteiger partial charge on any atom is 0.246 e. The SMILES string of the molecule is CC(N)(C(=O)N1CCCC(c2ccccc2)CC1)c1ccccc1. The predicted molar refractivity (Wildman–Crippen MR) is 97.6 cm³/mol. The Hall–Kier alpha value is -2.13. The Kier molecular flexibility index (Phi) is 5.00. The van der Waals surface area contributed by atoms with Gasteiger partial charge in [0.25, 0.3) is 0 Å². The summed E-state index contributed by atoms with van der Waals surface area (Å²) in [6, 6.07) is 20.3. The van der Waals surface area contributed by atoms with E-state index in [2.05, 4.69) is 30.3 Å². The molecular formula is C21H26N2O. The van der Waals surface area contributed by atoms with Gasteiger partial charge in [-0.1, -0.05) is 60.7 Å². The molecule has 2 N–H and O–H groups in total. The fraction of sp³-hybridized carbons (Fsp3) is 0.381. The third-order valence-corrected chi connectivity index (χ3v) is 5.10. The van der Waals surface area contributed by atoms with Gasteiger partial charge in [-0.3, -0.25) is 4.79 Å². The van der Waals surface area contributed by atoms with Crippen molar-refractivity contribution in [3.05, 3.63) is 71.8 Å². The first-order valence-corrected chi connectivity index (χ1v) is 8.78. The van der Waals surface area contributed by atoms with Crippen LogP contribution in [-0.4, -0.2) is 23.9 Å². The summed E-state index contributed by atoms with van der Waals surface area (Å²) in [5.74, 6) is 0.562. The summed E-state index contributed by atoms with van der Waals surface area (Å²) in [5.41, 5.74) is 7.71. The quantitative estimate of drug-likeness (QED) is 0.937.